The smallest absolute Gasteiger partial charge is 0.120 e. The third-order valence-corrected chi connectivity index (χ3v) is 4.91. The van der Waals surface area contributed by atoms with Crippen LogP contribution in [0, 0.1) is 5.41 Å². The molecule has 0 atom stereocenters. The van der Waals surface area contributed by atoms with Gasteiger partial charge in [0, 0.05) is 17.8 Å². The number of hydrogen-bond donors (Lipinski definition) is 2. The fraction of sp³-hybridized carbons (Fsp3) is 0.625. The molecule has 1 saturated heterocycles. The Morgan fingerprint density at radius 1 is 1.21 bits per heavy atom. The molecule has 1 aliphatic heterocycles. The molecule has 1 aromatic carbocycles. The quantitative estimate of drug-likeness (QED) is 0.646. The molecule has 3 heteroatoms. The van der Waals surface area contributed by atoms with E-state index in [1.165, 1.54) is 25.7 Å². The van der Waals surface area contributed by atoms with E-state index in [9.17, 15) is 5.11 Å². The van der Waals surface area contributed by atoms with Gasteiger partial charge in [0.15, 0.2) is 0 Å². The van der Waals surface area contributed by atoms with Crippen LogP contribution in [0.5, 0.6) is 5.75 Å². The molecule has 3 nitrogen and oxygen atoms in total. The number of piperidine rings is 1. The van der Waals surface area contributed by atoms with Crippen LogP contribution < -0.4 is 5.73 Å². The Hall–Kier alpha value is -1.22. The van der Waals surface area contributed by atoms with Gasteiger partial charge in [-0.25, -0.2) is 0 Å². The summed E-state index contributed by atoms with van der Waals surface area (Å²) < 4.78 is 0. The first-order valence-corrected chi connectivity index (χ1v) is 7.38. The van der Waals surface area contributed by atoms with Crippen molar-refractivity contribution in [2.75, 3.05) is 18.8 Å². The van der Waals surface area contributed by atoms with Gasteiger partial charge in [0.1, 0.15) is 5.75 Å². The molecule has 2 rings (SSSR count). The summed E-state index contributed by atoms with van der Waals surface area (Å²) in [5, 5.41) is 9.88. The fourth-order valence-electron chi connectivity index (χ4n) is 3.12. The van der Waals surface area contributed by atoms with Gasteiger partial charge in [0.05, 0.1) is 0 Å². The third kappa shape index (κ3) is 3.21. The Morgan fingerprint density at radius 2 is 1.84 bits per heavy atom. The Bertz CT molecular complexity index is 417. The fourth-order valence-corrected chi connectivity index (χ4v) is 3.12. The lowest BCUT2D eigenvalue weighted by Gasteiger charge is -2.41. The molecular formula is C16H26N2O. The van der Waals surface area contributed by atoms with E-state index in [-0.39, 0.29) is 0 Å². The summed E-state index contributed by atoms with van der Waals surface area (Å²) in [7, 11) is 0. The van der Waals surface area contributed by atoms with E-state index in [0.717, 1.165) is 30.9 Å². The van der Waals surface area contributed by atoms with Crippen LogP contribution in [0.3, 0.4) is 0 Å². The summed E-state index contributed by atoms with van der Waals surface area (Å²) >= 11 is 0. The van der Waals surface area contributed by atoms with E-state index in [4.69, 9.17) is 5.73 Å². The van der Waals surface area contributed by atoms with Crippen molar-refractivity contribution >= 4 is 5.69 Å². The van der Waals surface area contributed by atoms with Crippen LogP contribution in [0.15, 0.2) is 18.2 Å². The van der Waals surface area contributed by atoms with E-state index < -0.39 is 0 Å². The molecule has 106 valence electrons. The molecule has 1 fully saturated rings. The molecular weight excluding hydrogens is 236 g/mol. The topological polar surface area (TPSA) is 49.5 Å². The maximum atomic E-state index is 9.88. The molecule has 1 heterocycles. The highest BCUT2D eigenvalue weighted by molar-refractivity contribution is 5.47. The summed E-state index contributed by atoms with van der Waals surface area (Å²) in [4.78, 5) is 2.43. The Balaban J connectivity index is 1.97. The number of hydrogen-bond acceptors (Lipinski definition) is 3. The minimum Gasteiger partial charge on any atom is -0.508 e. The summed E-state index contributed by atoms with van der Waals surface area (Å²) in [6.07, 6.45) is 5.09. The first-order valence-electron chi connectivity index (χ1n) is 7.38. The number of rotatable bonds is 4. The van der Waals surface area contributed by atoms with Gasteiger partial charge >= 0.3 is 0 Å². The highest BCUT2D eigenvalue weighted by Crippen LogP contribution is 2.38. The lowest BCUT2D eigenvalue weighted by Crippen LogP contribution is -2.39. The van der Waals surface area contributed by atoms with Crippen LogP contribution in [0.1, 0.15) is 45.1 Å². The van der Waals surface area contributed by atoms with Crippen molar-refractivity contribution in [1.29, 1.82) is 0 Å². The van der Waals surface area contributed by atoms with Crippen LogP contribution >= 0.6 is 0 Å². The second kappa shape index (κ2) is 5.83. The zero-order valence-corrected chi connectivity index (χ0v) is 12.2. The Morgan fingerprint density at radius 3 is 2.42 bits per heavy atom. The third-order valence-electron chi connectivity index (χ3n) is 4.91. The van der Waals surface area contributed by atoms with Crippen LogP contribution in [0.25, 0.3) is 0 Å². The van der Waals surface area contributed by atoms with Crippen molar-refractivity contribution < 1.29 is 5.11 Å². The SMILES string of the molecule is CCC1(CC)CCN(Cc2cc(N)ccc2O)CC1. The molecule has 19 heavy (non-hydrogen) atoms. The maximum absolute atomic E-state index is 9.88. The Kier molecular flexibility index (Phi) is 4.35. The van der Waals surface area contributed by atoms with Gasteiger partial charge in [-0.2, -0.15) is 0 Å². The van der Waals surface area contributed by atoms with Crippen LogP contribution in [0.2, 0.25) is 0 Å². The van der Waals surface area contributed by atoms with Crippen LogP contribution in [-0.2, 0) is 6.54 Å². The van der Waals surface area contributed by atoms with Crippen LogP contribution in [0.4, 0.5) is 5.69 Å². The predicted octanol–water partition coefficient (Wildman–Crippen LogP) is 3.38. The van der Waals surface area contributed by atoms with Gasteiger partial charge in [-0.3, -0.25) is 4.90 Å². The average Bonchev–Trinajstić information content (AvgIpc) is 2.44. The summed E-state index contributed by atoms with van der Waals surface area (Å²) in [5.74, 6) is 0.358. The molecule has 0 aromatic heterocycles. The van der Waals surface area contributed by atoms with Gasteiger partial charge in [-0.1, -0.05) is 26.7 Å². The van der Waals surface area contributed by atoms with Crippen LogP contribution in [-0.4, -0.2) is 23.1 Å². The van der Waals surface area contributed by atoms with E-state index in [1.807, 2.05) is 6.07 Å². The average molecular weight is 262 g/mol. The van der Waals surface area contributed by atoms with E-state index >= 15 is 0 Å². The molecule has 0 spiro atoms. The molecule has 1 aromatic rings. The number of nitrogens with zero attached hydrogens (tertiary/aromatic N) is 1. The number of likely N-dealkylation sites (tertiary alicyclic amines) is 1. The first kappa shape index (κ1) is 14.2. The van der Waals surface area contributed by atoms with Crippen molar-refractivity contribution in [3.05, 3.63) is 23.8 Å². The minimum absolute atomic E-state index is 0.358. The van der Waals surface area contributed by atoms with Gasteiger partial charge < -0.3 is 10.8 Å². The summed E-state index contributed by atoms with van der Waals surface area (Å²) in [5.41, 5.74) is 8.01. The molecule has 0 radical (unpaired) electrons. The monoisotopic (exact) mass is 262 g/mol. The van der Waals surface area contributed by atoms with Gasteiger partial charge in [0.25, 0.3) is 0 Å². The summed E-state index contributed by atoms with van der Waals surface area (Å²) in [6.45, 7) is 7.66. The van der Waals surface area contributed by atoms with Crippen molar-refractivity contribution in [1.82, 2.24) is 4.90 Å². The molecule has 0 bridgehead atoms. The number of phenolic OH excluding ortho intramolecular Hbond substituents is 1. The lowest BCUT2D eigenvalue weighted by atomic mass is 9.74. The zero-order valence-electron chi connectivity index (χ0n) is 12.2. The lowest BCUT2D eigenvalue weighted by molar-refractivity contribution is 0.0904. The van der Waals surface area contributed by atoms with Crippen molar-refractivity contribution in [3.8, 4) is 5.75 Å². The van der Waals surface area contributed by atoms with E-state index in [2.05, 4.69) is 18.7 Å². The van der Waals surface area contributed by atoms with Crippen molar-refractivity contribution in [2.45, 2.75) is 46.1 Å². The molecule has 3 N–H and O–H groups in total. The number of phenols is 1. The van der Waals surface area contributed by atoms with E-state index in [1.54, 1.807) is 12.1 Å². The predicted molar refractivity (Wildman–Crippen MR) is 80.0 cm³/mol. The summed E-state index contributed by atoms with van der Waals surface area (Å²) in [6, 6.07) is 5.32. The molecule has 0 saturated carbocycles. The Labute approximate surface area is 116 Å². The zero-order chi connectivity index (χ0) is 13.9. The van der Waals surface area contributed by atoms with Crippen molar-refractivity contribution in [3.63, 3.8) is 0 Å². The number of anilines is 1. The van der Waals surface area contributed by atoms with Crippen molar-refractivity contribution in [2.24, 2.45) is 5.41 Å². The number of benzene rings is 1. The first-order chi connectivity index (χ1) is 9.08. The van der Waals surface area contributed by atoms with Gasteiger partial charge in [-0.15, -0.1) is 0 Å². The second-order valence-electron chi connectivity index (χ2n) is 5.87. The highest BCUT2D eigenvalue weighted by atomic mass is 16.3. The molecule has 0 amide bonds. The highest BCUT2D eigenvalue weighted by Gasteiger charge is 2.31. The maximum Gasteiger partial charge on any atom is 0.120 e. The molecule has 1 aliphatic rings. The number of nitrogen functional groups attached to an aromatic ring is 1. The molecule has 0 unspecified atom stereocenters. The molecule has 0 aliphatic carbocycles. The largest absolute Gasteiger partial charge is 0.508 e. The number of nitrogens with two attached hydrogens (primary N) is 1. The normalized spacial score (nSPS) is 19.5. The van der Waals surface area contributed by atoms with Gasteiger partial charge in [-0.05, 0) is 49.5 Å². The second-order valence-corrected chi connectivity index (χ2v) is 5.87. The number of aromatic hydroxyl groups is 1. The minimum atomic E-state index is 0.358. The van der Waals surface area contributed by atoms with E-state index in [0.29, 0.717) is 11.2 Å². The standard InChI is InChI=1S/C16H26N2O/c1-3-16(4-2)7-9-18(10-8-16)12-13-11-14(17)5-6-15(13)19/h5-6,11,19H,3-4,7-10,12,17H2,1-2H3. The van der Waals surface area contributed by atoms with Gasteiger partial charge in [0.2, 0.25) is 0 Å².